The summed E-state index contributed by atoms with van der Waals surface area (Å²) >= 11 is 3.46. The molecule has 1 aromatic carbocycles. The first kappa shape index (κ1) is 18.7. The van der Waals surface area contributed by atoms with Crippen LogP contribution in [0.5, 0.6) is 11.6 Å². The number of ether oxygens (including phenoxy) is 1. The number of halogens is 1. The van der Waals surface area contributed by atoms with E-state index in [-0.39, 0.29) is 11.7 Å². The molecule has 0 aliphatic carbocycles. The molecule has 0 radical (unpaired) electrons. The van der Waals surface area contributed by atoms with E-state index >= 15 is 0 Å². The minimum Gasteiger partial charge on any atom is -0.431 e. The van der Waals surface area contributed by atoms with Gasteiger partial charge in [0.25, 0.3) is 0 Å². The molecule has 9 nitrogen and oxygen atoms in total. The maximum atomic E-state index is 11.8. The van der Waals surface area contributed by atoms with Crippen molar-refractivity contribution in [2.24, 2.45) is 0 Å². The first-order valence-electron chi connectivity index (χ1n) is 8.43. The van der Waals surface area contributed by atoms with Crippen LogP contribution in [0.25, 0.3) is 10.9 Å². The summed E-state index contributed by atoms with van der Waals surface area (Å²) in [6.45, 7) is 1.90. The van der Waals surface area contributed by atoms with Crippen LogP contribution in [0.1, 0.15) is 5.56 Å². The van der Waals surface area contributed by atoms with E-state index < -0.39 is 10.6 Å². The molecular formula is C19H13BrN6O3. The number of benzene rings is 1. The highest BCUT2D eigenvalue weighted by molar-refractivity contribution is 9.10. The number of nitrogens with one attached hydrogen (secondary N) is 1. The Morgan fingerprint density at radius 3 is 2.72 bits per heavy atom. The highest BCUT2D eigenvalue weighted by Gasteiger charge is 2.26. The van der Waals surface area contributed by atoms with Gasteiger partial charge in [-0.3, -0.25) is 15.1 Å². The van der Waals surface area contributed by atoms with Crippen LogP contribution >= 0.6 is 15.9 Å². The Labute approximate surface area is 173 Å². The third-order valence-electron chi connectivity index (χ3n) is 4.02. The lowest BCUT2D eigenvalue weighted by atomic mass is 10.2. The monoisotopic (exact) mass is 452 g/mol. The van der Waals surface area contributed by atoms with Crippen molar-refractivity contribution in [1.82, 2.24) is 19.9 Å². The number of hydrogen-bond donors (Lipinski definition) is 1. The molecule has 0 fully saturated rings. The normalized spacial score (nSPS) is 10.7. The molecule has 29 heavy (non-hydrogen) atoms. The fourth-order valence-corrected chi connectivity index (χ4v) is 3.11. The van der Waals surface area contributed by atoms with Crippen LogP contribution in [-0.4, -0.2) is 24.9 Å². The topological polar surface area (TPSA) is 116 Å². The maximum absolute atomic E-state index is 11.8. The number of pyridine rings is 2. The Hall–Kier alpha value is -3.66. The summed E-state index contributed by atoms with van der Waals surface area (Å²) in [4.78, 5) is 27.6. The molecule has 0 unspecified atom stereocenters. The van der Waals surface area contributed by atoms with Crippen molar-refractivity contribution in [3.63, 3.8) is 0 Å². The number of nitro groups is 1. The summed E-state index contributed by atoms with van der Waals surface area (Å²) in [5.74, 6) is 0.531. The van der Waals surface area contributed by atoms with Crippen LogP contribution in [0.2, 0.25) is 0 Å². The molecule has 4 rings (SSSR count). The van der Waals surface area contributed by atoms with E-state index in [0.717, 1.165) is 15.4 Å². The molecular weight excluding hydrogens is 440 g/mol. The maximum Gasteiger partial charge on any atom is 0.373 e. The highest BCUT2D eigenvalue weighted by atomic mass is 79.9. The molecule has 1 N–H and O–H groups in total. The molecule has 3 heterocycles. The van der Waals surface area contributed by atoms with Crippen LogP contribution in [0.15, 0.2) is 59.6 Å². The summed E-state index contributed by atoms with van der Waals surface area (Å²) < 4.78 is 6.63. The molecule has 3 aromatic heterocycles. The second-order valence-corrected chi connectivity index (χ2v) is 6.88. The number of anilines is 2. The van der Waals surface area contributed by atoms with Crippen molar-refractivity contribution < 1.29 is 9.66 Å². The van der Waals surface area contributed by atoms with Crippen molar-refractivity contribution >= 4 is 44.2 Å². The lowest BCUT2D eigenvalue weighted by Gasteiger charge is -2.11. The van der Waals surface area contributed by atoms with E-state index in [0.29, 0.717) is 17.1 Å². The fraction of sp³-hybridized carbons (Fsp3) is 0.0526. The van der Waals surface area contributed by atoms with E-state index in [1.165, 1.54) is 6.33 Å². The second kappa shape index (κ2) is 7.76. The Kier molecular flexibility index (Phi) is 5.00. The number of aromatic nitrogens is 4. The van der Waals surface area contributed by atoms with Crippen molar-refractivity contribution in [2.75, 3.05) is 5.32 Å². The van der Waals surface area contributed by atoms with Gasteiger partial charge in [0.2, 0.25) is 5.82 Å². The minimum absolute atomic E-state index is 0.0225. The van der Waals surface area contributed by atoms with Gasteiger partial charge < -0.3 is 10.1 Å². The highest BCUT2D eigenvalue weighted by Crippen LogP contribution is 2.38. The Morgan fingerprint density at radius 2 is 1.97 bits per heavy atom. The van der Waals surface area contributed by atoms with Crippen molar-refractivity contribution in [1.29, 1.82) is 0 Å². The average molecular weight is 453 g/mol. The number of aryl methyl sites for hydroxylation is 1. The lowest BCUT2D eigenvalue weighted by molar-refractivity contribution is -0.385. The van der Waals surface area contributed by atoms with Gasteiger partial charge in [-0.25, -0.2) is 9.97 Å². The largest absolute Gasteiger partial charge is 0.431 e. The zero-order valence-corrected chi connectivity index (χ0v) is 16.6. The molecule has 0 aliphatic rings. The van der Waals surface area contributed by atoms with Crippen LogP contribution < -0.4 is 10.1 Å². The first-order chi connectivity index (χ1) is 14.0. The van der Waals surface area contributed by atoms with Gasteiger partial charge in [0.1, 0.15) is 17.7 Å². The van der Waals surface area contributed by atoms with Crippen molar-refractivity contribution in [3.05, 3.63) is 75.3 Å². The average Bonchev–Trinajstić information content (AvgIpc) is 2.72. The molecule has 144 valence electrons. The zero-order valence-electron chi connectivity index (χ0n) is 15.0. The number of fused-ring (bicyclic) bond motifs is 1. The SMILES string of the molecule is Cc1ccc(Nc2ncnc(Oc3ccc(Br)c4cccnc34)c2[N+](=O)[O-])nc1. The van der Waals surface area contributed by atoms with Gasteiger partial charge in [0.05, 0.1) is 4.92 Å². The second-order valence-electron chi connectivity index (χ2n) is 6.03. The molecule has 0 saturated carbocycles. The Morgan fingerprint density at radius 1 is 1.10 bits per heavy atom. The van der Waals surface area contributed by atoms with Gasteiger partial charge in [-0.05, 0) is 36.8 Å². The van der Waals surface area contributed by atoms with E-state index in [1.807, 2.05) is 19.1 Å². The predicted octanol–water partition coefficient (Wildman–Crippen LogP) is 4.93. The first-order valence-corrected chi connectivity index (χ1v) is 9.22. The smallest absolute Gasteiger partial charge is 0.373 e. The van der Waals surface area contributed by atoms with E-state index in [1.54, 1.807) is 36.7 Å². The fourth-order valence-electron chi connectivity index (χ4n) is 2.65. The summed E-state index contributed by atoms with van der Waals surface area (Å²) in [5, 5.41) is 15.4. The molecule has 0 bridgehead atoms. The molecule has 4 aromatic rings. The van der Waals surface area contributed by atoms with Gasteiger partial charge in [0.15, 0.2) is 5.75 Å². The molecule has 0 spiro atoms. The van der Waals surface area contributed by atoms with Crippen LogP contribution in [0.3, 0.4) is 0 Å². The third kappa shape index (κ3) is 3.83. The summed E-state index contributed by atoms with van der Waals surface area (Å²) in [7, 11) is 0. The van der Waals surface area contributed by atoms with E-state index in [9.17, 15) is 10.1 Å². The number of hydrogen-bond acceptors (Lipinski definition) is 8. The van der Waals surface area contributed by atoms with E-state index in [4.69, 9.17) is 4.74 Å². The Balaban J connectivity index is 1.76. The Bertz CT molecular complexity index is 1220. The quantitative estimate of drug-likeness (QED) is 0.334. The molecule has 0 saturated heterocycles. The summed E-state index contributed by atoms with van der Waals surface area (Å²) in [6.07, 6.45) is 4.45. The standard InChI is InChI=1S/C19H13BrN6O3/c1-11-4-7-15(22-9-11)25-18-17(26(27)28)19(24-10-23-18)29-14-6-5-13(20)12-3-2-8-21-16(12)14/h2-10H,1H3,(H,22,23,24,25). The molecule has 10 heteroatoms. The molecule has 0 aliphatic heterocycles. The van der Waals surface area contributed by atoms with E-state index in [2.05, 4.69) is 41.2 Å². The summed E-state index contributed by atoms with van der Waals surface area (Å²) in [5.41, 5.74) is 1.11. The van der Waals surface area contributed by atoms with Crippen LogP contribution in [0, 0.1) is 17.0 Å². The van der Waals surface area contributed by atoms with Gasteiger partial charge in [0, 0.05) is 22.3 Å². The molecule has 0 amide bonds. The molecule has 0 atom stereocenters. The minimum atomic E-state index is -0.597. The van der Waals surface area contributed by atoms with Gasteiger partial charge in [-0.1, -0.05) is 28.1 Å². The number of nitrogens with zero attached hydrogens (tertiary/aromatic N) is 5. The van der Waals surface area contributed by atoms with Gasteiger partial charge >= 0.3 is 11.6 Å². The summed E-state index contributed by atoms with van der Waals surface area (Å²) in [6, 6.07) is 10.6. The lowest BCUT2D eigenvalue weighted by Crippen LogP contribution is -2.04. The predicted molar refractivity (Wildman–Crippen MR) is 110 cm³/mol. The number of rotatable bonds is 5. The van der Waals surface area contributed by atoms with Crippen LogP contribution in [-0.2, 0) is 0 Å². The van der Waals surface area contributed by atoms with Crippen molar-refractivity contribution in [2.45, 2.75) is 6.92 Å². The van der Waals surface area contributed by atoms with Gasteiger partial charge in [-0.2, -0.15) is 4.98 Å². The van der Waals surface area contributed by atoms with Gasteiger partial charge in [-0.15, -0.1) is 0 Å². The van der Waals surface area contributed by atoms with Crippen LogP contribution in [0.4, 0.5) is 17.3 Å². The third-order valence-corrected chi connectivity index (χ3v) is 4.71. The zero-order chi connectivity index (χ0) is 20.4. The van der Waals surface area contributed by atoms with Crippen molar-refractivity contribution in [3.8, 4) is 11.6 Å².